The summed E-state index contributed by atoms with van der Waals surface area (Å²) in [5, 5.41) is 9.73. The highest BCUT2D eigenvalue weighted by atomic mass is 16.3. The number of carbonyl (C=O) groups is 1. The van der Waals surface area contributed by atoms with Gasteiger partial charge in [0, 0.05) is 12.3 Å². The Morgan fingerprint density at radius 3 is 2.23 bits per heavy atom. The number of ketones is 1. The Kier molecular flexibility index (Phi) is 20.5. The number of hydrogen-bond acceptors (Lipinski definition) is 2. The van der Waals surface area contributed by atoms with E-state index in [0.717, 1.165) is 38.5 Å². The molecule has 0 saturated heterocycles. The third-order valence-corrected chi connectivity index (χ3v) is 4.00. The molecule has 0 saturated carbocycles. The van der Waals surface area contributed by atoms with Crippen molar-refractivity contribution in [2.24, 2.45) is 5.92 Å². The molecule has 2 heteroatoms. The number of unbranched alkanes of at least 4 members (excludes halogenated alkanes) is 3. The Morgan fingerprint density at radius 1 is 0.923 bits per heavy atom. The van der Waals surface area contributed by atoms with E-state index in [-0.39, 0.29) is 19.4 Å². The summed E-state index contributed by atoms with van der Waals surface area (Å²) in [5.41, 5.74) is 0. The van der Waals surface area contributed by atoms with Crippen LogP contribution >= 0.6 is 0 Å². The molecule has 150 valence electrons. The van der Waals surface area contributed by atoms with Gasteiger partial charge in [-0.3, -0.25) is 4.79 Å². The quantitative estimate of drug-likeness (QED) is 0.194. The SMILES string of the molecule is C.CCCCC[C@H](O)/C=C/C=C\C/C=C\C/C=C\CCCC(=O)C(C)C. The topological polar surface area (TPSA) is 37.3 Å². The highest BCUT2D eigenvalue weighted by Gasteiger charge is 2.04. The largest absolute Gasteiger partial charge is 0.389 e. The zero-order chi connectivity index (χ0) is 18.8. The van der Waals surface area contributed by atoms with Crippen LogP contribution in [0.2, 0.25) is 0 Å². The van der Waals surface area contributed by atoms with Crippen LogP contribution in [0.4, 0.5) is 0 Å². The molecule has 0 amide bonds. The van der Waals surface area contributed by atoms with Gasteiger partial charge in [-0.1, -0.05) is 96.1 Å². The number of allylic oxidation sites excluding steroid dienone is 7. The lowest BCUT2D eigenvalue weighted by molar-refractivity contribution is -0.121. The molecule has 1 N–H and O–H groups in total. The lowest BCUT2D eigenvalue weighted by Crippen LogP contribution is -2.05. The molecule has 0 fully saturated rings. The molecular formula is C24H42O2. The molecule has 26 heavy (non-hydrogen) atoms. The van der Waals surface area contributed by atoms with E-state index in [1.165, 1.54) is 12.8 Å². The van der Waals surface area contributed by atoms with Crippen molar-refractivity contribution in [1.29, 1.82) is 0 Å². The summed E-state index contributed by atoms with van der Waals surface area (Å²) in [6, 6.07) is 0. The number of carbonyl (C=O) groups excluding carboxylic acids is 1. The zero-order valence-electron chi connectivity index (χ0n) is 16.5. The number of rotatable bonds is 15. The number of Topliss-reactive ketones (excluding diaryl/α,β-unsaturated/α-hetero) is 1. The Balaban J connectivity index is 0. The predicted molar refractivity (Wildman–Crippen MR) is 116 cm³/mol. The van der Waals surface area contributed by atoms with E-state index >= 15 is 0 Å². The maximum atomic E-state index is 11.5. The van der Waals surface area contributed by atoms with Crippen LogP contribution in [0.25, 0.3) is 0 Å². The molecule has 0 radical (unpaired) electrons. The Labute approximate surface area is 162 Å². The van der Waals surface area contributed by atoms with Gasteiger partial charge in [0.25, 0.3) is 0 Å². The highest BCUT2D eigenvalue weighted by Crippen LogP contribution is 2.05. The third kappa shape index (κ3) is 18.9. The molecule has 0 aliphatic heterocycles. The van der Waals surface area contributed by atoms with Crippen LogP contribution in [0.1, 0.15) is 86.0 Å². The molecule has 0 bridgehead atoms. The van der Waals surface area contributed by atoms with Crippen molar-refractivity contribution >= 4 is 5.78 Å². The van der Waals surface area contributed by atoms with Crippen molar-refractivity contribution in [2.75, 3.05) is 0 Å². The summed E-state index contributed by atoms with van der Waals surface area (Å²) in [7, 11) is 0. The van der Waals surface area contributed by atoms with Crippen LogP contribution < -0.4 is 0 Å². The normalized spacial score (nSPS) is 13.4. The van der Waals surface area contributed by atoms with E-state index in [1.54, 1.807) is 0 Å². The summed E-state index contributed by atoms with van der Waals surface area (Å²) in [6.07, 6.45) is 25.0. The van der Waals surface area contributed by atoms with Gasteiger partial charge in [-0.05, 0) is 32.1 Å². The van der Waals surface area contributed by atoms with Crippen LogP contribution in [0.5, 0.6) is 0 Å². The van der Waals surface area contributed by atoms with Gasteiger partial charge in [-0.15, -0.1) is 0 Å². The third-order valence-electron chi connectivity index (χ3n) is 4.00. The minimum Gasteiger partial charge on any atom is -0.389 e. The van der Waals surface area contributed by atoms with Gasteiger partial charge in [0.1, 0.15) is 5.78 Å². The molecule has 0 aliphatic carbocycles. The van der Waals surface area contributed by atoms with Crippen molar-refractivity contribution in [1.82, 2.24) is 0 Å². The number of hydrogen-bond donors (Lipinski definition) is 1. The second-order valence-electron chi connectivity index (χ2n) is 6.80. The molecule has 0 rings (SSSR count). The first-order valence-corrected chi connectivity index (χ1v) is 9.92. The van der Waals surface area contributed by atoms with Gasteiger partial charge < -0.3 is 5.11 Å². The van der Waals surface area contributed by atoms with Crippen LogP contribution in [-0.4, -0.2) is 17.0 Å². The van der Waals surface area contributed by atoms with E-state index in [9.17, 15) is 9.90 Å². The van der Waals surface area contributed by atoms with E-state index < -0.39 is 0 Å². The van der Waals surface area contributed by atoms with Gasteiger partial charge in [0.05, 0.1) is 6.10 Å². The molecule has 0 aromatic heterocycles. The maximum absolute atomic E-state index is 11.5. The highest BCUT2D eigenvalue weighted by molar-refractivity contribution is 5.80. The fraction of sp³-hybridized carbons (Fsp3) is 0.625. The molecule has 0 spiro atoms. The lowest BCUT2D eigenvalue weighted by Gasteiger charge is -2.02. The minimum atomic E-state index is -0.312. The fourth-order valence-electron chi connectivity index (χ4n) is 2.30. The van der Waals surface area contributed by atoms with Crippen LogP contribution in [-0.2, 0) is 4.79 Å². The molecule has 0 aliphatic rings. The Bertz CT molecular complexity index is 427. The first-order chi connectivity index (χ1) is 12.1. The van der Waals surface area contributed by atoms with Gasteiger partial charge >= 0.3 is 0 Å². The first kappa shape index (κ1) is 26.8. The second kappa shape index (κ2) is 19.9. The molecule has 0 unspecified atom stereocenters. The summed E-state index contributed by atoms with van der Waals surface area (Å²) in [5.74, 6) is 0.529. The summed E-state index contributed by atoms with van der Waals surface area (Å²) >= 11 is 0. The van der Waals surface area contributed by atoms with Crippen LogP contribution in [0, 0.1) is 5.92 Å². The van der Waals surface area contributed by atoms with Gasteiger partial charge in [-0.2, -0.15) is 0 Å². The summed E-state index contributed by atoms with van der Waals surface area (Å²) in [4.78, 5) is 11.5. The molecule has 1 atom stereocenters. The number of aliphatic hydroxyl groups excluding tert-OH is 1. The average molecular weight is 363 g/mol. The zero-order valence-corrected chi connectivity index (χ0v) is 16.5. The summed E-state index contributed by atoms with van der Waals surface area (Å²) < 4.78 is 0. The van der Waals surface area contributed by atoms with Crippen molar-refractivity contribution in [2.45, 2.75) is 92.1 Å². The fourth-order valence-corrected chi connectivity index (χ4v) is 2.30. The van der Waals surface area contributed by atoms with Gasteiger partial charge in [-0.25, -0.2) is 0 Å². The Hall–Kier alpha value is -1.41. The molecular weight excluding hydrogens is 320 g/mol. The average Bonchev–Trinajstić information content (AvgIpc) is 2.58. The van der Waals surface area contributed by atoms with Crippen molar-refractivity contribution in [3.63, 3.8) is 0 Å². The van der Waals surface area contributed by atoms with E-state index in [0.29, 0.717) is 12.2 Å². The molecule has 0 aromatic rings. The first-order valence-electron chi connectivity index (χ1n) is 9.92. The summed E-state index contributed by atoms with van der Waals surface area (Å²) in [6.45, 7) is 6.09. The Morgan fingerprint density at radius 2 is 1.58 bits per heavy atom. The van der Waals surface area contributed by atoms with Crippen molar-refractivity contribution in [3.8, 4) is 0 Å². The van der Waals surface area contributed by atoms with Crippen LogP contribution in [0.3, 0.4) is 0 Å². The molecule has 0 aromatic carbocycles. The number of aliphatic hydroxyl groups is 1. The van der Waals surface area contributed by atoms with E-state index in [4.69, 9.17) is 0 Å². The standard InChI is InChI=1S/C23H38O2.CH4/c1-4-5-15-18-22(24)19-16-13-11-9-7-6-8-10-12-14-17-20-23(25)21(2)3;/h6-7,10-13,16,19,21-22,24H,4-5,8-9,14-15,17-18,20H2,1-3H3;1H4/b7-6-,12-10-,13-11-,19-16+;/t22-;/m0./s1. The molecule has 0 heterocycles. The smallest absolute Gasteiger partial charge is 0.135 e. The van der Waals surface area contributed by atoms with E-state index in [2.05, 4.69) is 37.3 Å². The maximum Gasteiger partial charge on any atom is 0.135 e. The predicted octanol–water partition coefficient (Wildman–Crippen LogP) is 6.96. The van der Waals surface area contributed by atoms with Crippen molar-refractivity contribution in [3.05, 3.63) is 48.6 Å². The lowest BCUT2D eigenvalue weighted by atomic mass is 10.0. The molecule has 2 nitrogen and oxygen atoms in total. The van der Waals surface area contributed by atoms with Gasteiger partial charge in [0.15, 0.2) is 0 Å². The minimum absolute atomic E-state index is 0. The second-order valence-corrected chi connectivity index (χ2v) is 6.80. The monoisotopic (exact) mass is 362 g/mol. The van der Waals surface area contributed by atoms with Gasteiger partial charge in [0.2, 0.25) is 0 Å². The van der Waals surface area contributed by atoms with E-state index in [1.807, 2.05) is 32.1 Å². The van der Waals surface area contributed by atoms with Crippen molar-refractivity contribution < 1.29 is 9.90 Å². The van der Waals surface area contributed by atoms with Crippen LogP contribution in [0.15, 0.2) is 48.6 Å².